The highest BCUT2D eigenvalue weighted by Gasteiger charge is 2.32. The molecule has 1 heterocycles. The smallest absolute Gasteiger partial charge is 0.223 e. The molecular formula is C13H22N4O. The molecule has 1 aliphatic rings. The molecular weight excluding hydrogens is 228 g/mol. The quantitative estimate of drug-likeness (QED) is 0.735. The number of amides is 1. The van der Waals surface area contributed by atoms with Gasteiger partial charge in [-0.05, 0) is 32.2 Å². The van der Waals surface area contributed by atoms with Crippen molar-refractivity contribution in [3.63, 3.8) is 0 Å². The molecule has 0 bridgehead atoms. The molecule has 5 nitrogen and oxygen atoms in total. The summed E-state index contributed by atoms with van der Waals surface area (Å²) >= 11 is 0. The minimum Gasteiger partial charge on any atom is -0.337 e. The van der Waals surface area contributed by atoms with Gasteiger partial charge in [0.2, 0.25) is 5.91 Å². The van der Waals surface area contributed by atoms with Crippen molar-refractivity contribution in [2.75, 3.05) is 6.54 Å². The third-order valence-corrected chi connectivity index (χ3v) is 3.39. The number of aromatic nitrogens is 2. The highest BCUT2D eigenvalue weighted by molar-refractivity contribution is 5.76. The van der Waals surface area contributed by atoms with Gasteiger partial charge >= 0.3 is 0 Å². The Morgan fingerprint density at radius 2 is 2.33 bits per heavy atom. The predicted molar refractivity (Wildman–Crippen MR) is 69.7 cm³/mol. The SMILES string of the molecule is Cn1ccnc1CN(C(=O)CCCCN)C1CC1. The Labute approximate surface area is 108 Å². The molecule has 1 aromatic rings. The van der Waals surface area contributed by atoms with Crippen LogP contribution >= 0.6 is 0 Å². The Balaban J connectivity index is 1.91. The molecule has 2 N–H and O–H groups in total. The molecule has 1 aliphatic carbocycles. The lowest BCUT2D eigenvalue weighted by Gasteiger charge is -2.22. The third-order valence-electron chi connectivity index (χ3n) is 3.39. The lowest BCUT2D eigenvalue weighted by atomic mass is 10.2. The Bertz CT molecular complexity index is 397. The van der Waals surface area contributed by atoms with E-state index in [0.29, 0.717) is 25.6 Å². The summed E-state index contributed by atoms with van der Waals surface area (Å²) in [6.45, 7) is 1.30. The van der Waals surface area contributed by atoms with Crippen LogP contribution in [0.25, 0.3) is 0 Å². The number of hydrogen-bond donors (Lipinski definition) is 1. The molecule has 0 atom stereocenters. The summed E-state index contributed by atoms with van der Waals surface area (Å²) < 4.78 is 1.97. The number of nitrogens with two attached hydrogens (primary N) is 1. The predicted octanol–water partition coefficient (Wildman–Crippen LogP) is 1.04. The molecule has 0 radical (unpaired) electrons. The molecule has 0 aromatic carbocycles. The molecule has 2 rings (SSSR count). The Kier molecular flexibility index (Phi) is 4.36. The Morgan fingerprint density at radius 1 is 1.56 bits per heavy atom. The number of rotatable bonds is 7. The second-order valence-electron chi connectivity index (χ2n) is 4.95. The molecule has 1 fully saturated rings. The largest absolute Gasteiger partial charge is 0.337 e. The minimum atomic E-state index is 0.244. The van der Waals surface area contributed by atoms with E-state index in [9.17, 15) is 4.79 Å². The van der Waals surface area contributed by atoms with Gasteiger partial charge in [0.1, 0.15) is 5.82 Å². The van der Waals surface area contributed by atoms with E-state index in [1.54, 1.807) is 6.20 Å². The zero-order chi connectivity index (χ0) is 13.0. The normalized spacial score (nSPS) is 14.8. The van der Waals surface area contributed by atoms with Crippen molar-refractivity contribution in [2.24, 2.45) is 12.8 Å². The van der Waals surface area contributed by atoms with Gasteiger partial charge in [-0.3, -0.25) is 4.79 Å². The second kappa shape index (κ2) is 6.00. The van der Waals surface area contributed by atoms with E-state index in [2.05, 4.69) is 4.98 Å². The lowest BCUT2D eigenvalue weighted by molar-refractivity contribution is -0.132. The molecule has 1 aromatic heterocycles. The van der Waals surface area contributed by atoms with Gasteiger partial charge in [0, 0.05) is 31.9 Å². The molecule has 0 spiro atoms. The van der Waals surface area contributed by atoms with Crippen LogP contribution in [0.1, 0.15) is 37.9 Å². The minimum absolute atomic E-state index is 0.244. The van der Waals surface area contributed by atoms with Gasteiger partial charge in [-0.2, -0.15) is 0 Å². The maximum Gasteiger partial charge on any atom is 0.223 e. The summed E-state index contributed by atoms with van der Waals surface area (Å²) in [5.74, 6) is 1.20. The van der Waals surface area contributed by atoms with E-state index in [0.717, 1.165) is 31.5 Å². The summed E-state index contributed by atoms with van der Waals surface area (Å²) in [5.41, 5.74) is 5.45. The van der Waals surface area contributed by atoms with Crippen molar-refractivity contribution in [3.8, 4) is 0 Å². The molecule has 1 amide bonds. The van der Waals surface area contributed by atoms with Crippen LogP contribution in [0.15, 0.2) is 12.4 Å². The van der Waals surface area contributed by atoms with Crippen LogP contribution in [0.3, 0.4) is 0 Å². The first kappa shape index (κ1) is 13.1. The number of unbranched alkanes of at least 4 members (excludes halogenated alkanes) is 1. The van der Waals surface area contributed by atoms with E-state index >= 15 is 0 Å². The summed E-state index contributed by atoms with van der Waals surface area (Å²) in [6, 6.07) is 0.437. The lowest BCUT2D eigenvalue weighted by Crippen LogP contribution is -2.33. The van der Waals surface area contributed by atoms with E-state index in [4.69, 9.17) is 5.73 Å². The molecule has 0 unspecified atom stereocenters. The first-order valence-electron chi connectivity index (χ1n) is 6.68. The van der Waals surface area contributed by atoms with E-state index < -0.39 is 0 Å². The van der Waals surface area contributed by atoms with Gasteiger partial charge in [0.15, 0.2) is 0 Å². The molecule has 1 saturated carbocycles. The fourth-order valence-electron chi connectivity index (χ4n) is 2.07. The number of aryl methyl sites for hydroxylation is 1. The summed E-state index contributed by atoms with van der Waals surface area (Å²) in [7, 11) is 1.96. The van der Waals surface area contributed by atoms with Crippen molar-refractivity contribution in [1.82, 2.24) is 14.5 Å². The monoisotopic (exact) mass is 250 g/mol. The highest BCUT2D eigenvalue weighted by Crippen LogP contribution is 2.28. The van der Waals surface area contributed by atoms with Gasteiger partial charge in [0.25, 0.3) is 0 Å². The highest BCUT2D eigenvalue weighted by atomic mass is 16.2. The first-order valence-corrected chi connectivity index (χ1v) is 6.68. The van der Waals surface area contributed by atoms with Gasteiger partial charge in [0.05, 0.1) is 6.54 Å². The molecule has 100 valence electrons. The maximum atomic E-state index is 12.2. The summed E-state index contributed by atoms with van der Waals surface area (Å²) in [4.78, 5) is 18.5. The molecule has 0 aliphatic heterocycles. The van der Waals surface area contributed by atoms with Crippen molar-refractivity contribution in [3.05, 3.63) is 18.2 Å². The number of imidazole rings is 1. The summed E-state index contributed by atoms with van der Waals surface area (Å²) in [6.07, 6.45) is 8.38. The van der Waals surface area contributed by atoms with Crippen LogP contribution in [0.4, 0.5) is 0 Å². The average Bonchev–Trinajstić information content (AvgIpc) is 3.11. The van der Waals surface area contributed by atoms with Gasteiger partial charge in [-0.1, -0.05) is 0 Å². The number of nitrogens with zero attached hydrogens (tertiary/aromatic N) is 3. The Morgan fingerprint density at radius 3 is 2.89 bits per heavy atom. The van der Waals surface area contributed by atoms with E-state index in [1.165, 1.54) is 0 Å². The van der Waals surface area contributed by atoms with E-state index in [-0.39, 0.29) is 5.91 Å². The topological polar surface area (TPSA) is 64.2 Å². The van der Waals surface area contributed by atoms with Crippen LogP contribution in [-0.4, -0.2) is 32.9 Å². The Hall–Kier alpha value is -1.36. The van der Waals surface area contributed by atoms with Crippen LogP contribution in [0.2, 0.25) is 0 Å². The van der Waals surface area contributed by atoms with Crippen molar-refractivity contribution < 1.29 is 4.79 Å². The number of carbonyl (C=O) groups is 1. The van der Waals surface area contributed by atoms with Crippen LogP contribution in [-0.2, 0) is 18.4 Å². The average molecular weight is 250 g/mol. The van der Waals surface area contributed by atoms with Crippen LogP contribution < -0.4 is 5.73 Å². The zero-order valence-corrected chi connectivity index (χ0v) is 11.0. The van der Waals surface area contributed by atoms with Crippen molar-refractivity contribution >= 4 is 5.91 Å². The van der Waals surface area contributed by atoms with Crippen LogP contribution in [0, 0.1) is 0 Å². The second-order valence-corrected chi connectivity index (χ2v) is 4.95. The molecule has 0 saturated heterocycles. The fourth-order valence-corrected chi connectivity index (χ4v) is 2.07. The van der Waals surface area contributed by atoms with Crippen molar-refractivity contribution in [1.29, 1.82) is 0 Å². The number of hydrogen-bond acceptors (Lipinski definition) is 3. The van der Waals surface area contributed by atoms with Gasteiger partial charge in [-0.15, -0.1) is 0 Å². The first-order chi connectivity index (χ1) is 8.72. The molecule has 18 heavy (non-hydrogen) atoms. The van der Waals surface area contributed by atoms with Gasteiger partial charge < -0.3 is 15.2 Å². The third kappa shape index (κ3) is 3.32. The van der Waals surface area contributed by atoms with Gasteiger partial charge in [-0.25, -0.2) is 4.98 Å². The zero-order valence-electron chi connectivity index (χ0n) is 11.0. The molecule has 5 heteroatoms. The summed E-state index contributed by atoms with van der Waals surface area (Å²) in [5, 5.41) is 0. The van der Waals surface area contributed by atoms with Crippen molar-refractivity contribution in [2.45, 2.75) is 44.7 Å². The maximum absolute atomic E-state index is 12.2. The fraction of sp³-hybridized carbons (Fsp3) is 0.692. The number of carbonyl (C=O) groups excluding carboxylic acids is 1. The standard InChI is InChI=1S/C13H22N4O/c1-16-9-8-15-12(16)10-17(11-5-6-11)13(18)4-2-3-7-14/h8-9,11H,2-7,10,14H2,1H3. The van der Waals surface area contributed by atoms with Crippen LogP contribution in [0.5, 0.6) is 0 Å². The van der Waals surface area contributed by atoms with E-state index in [1.807, 2.05) is 22.7 Å².